The fraction of sp³-hybridized carbons (Fsp3) is 0.300. The first-order chi connectivity index (χ1) is 13.6. The fourth-order valence-corrected chi connectivity index (χ4v) is 4.30. The topological polar surface area (TPSA) is 51.7 Å². The van der Waals surface area contributed by atoms with Crippen LogP contribution >= 0.6 is 22.9 Å². The summed E-state index contributed by atoms with van der Waals surface area (Å²) in [4.78, 5) is 19.1. The van der Waals surface area contributed by atoms with Crippen molar-refractivity contribution in [3.8, 4) is 5.75 Å². The molecule has 1 fully saturated rings. The molecule has 2 heterocycles. The maximum atomic E-state index is 13.0. The van der Waals surface area contributed by atoms with E-state index in [1.54, 1.807) is 11.0 Å². The number of hydrogen-bond donors (Lipinski definition) is 0. The Morgan fingerprint density at radius 3 is 2.89 bits per heavy atom. The molecule has 0 N–H and O–H groups in total. The number of fused-ring (bicyclic) bond motifs is 1. The second-order valence-corrected chi connectivity index (χ2v) is 7.94. The fourth-order valence-electron chi connectivity index (χ4n) is 3.03. The molecule has 8 heteroatoms. The number of anilines is 1. The average molecular weight is 421 g/mol. The number of amides is 1. The van der Waals surface area contributed by atoms with Gasteiger partial charge in [0.1, 0.15) is 11.6 Å². The number of hydrogen-bond acceptors (Lipinski definition) is 5. The number of benzene rings is 2. The lowest BCUT2D eigenvalue weighted by Gasteiger charge is -2.23. The van der Waals surface area contributed by atoms with Crippen molar-refractivity contribution in [3.05, 3.63) is 53.3 Å². The van der Waals surface area contributed by atoms with Crippen LogP contribution in [0.4, 0.5) is 9.52 Å². The van der Waals surface area contributed by atoms with E-state index in [0.29, 0.717) is 29.1 Å². The second kappa shape index (κ2) is 8.43. The van der Waals surface area contributed by atoms with Crippen LogP contribution in [0.25, 0.3) is 10.2 Å². The molecule has 0 aliphatic carbocycles. The van der Waals surface area contributed by atoms with Gasteiger partial charge >= 0.3 is 0 Å². The molecule has 0 spiro atoms. The Kier molecular flexibility index (Phi) is 5.75. The zero-order valence-electron chi connectivity index (χ0n) is 14.9. The molecule has 1 amide bonds. The smallest absolute Gasteiger partial charge is 0.266 e. The first kappa shape index (κ1) is 19.1. The van der Waals surface area contributed by atoms with Crippen LogP contribution in [0.1, 0.15) is 12.8 Å². The highest BCUT2D eigenvalue weighted by Crippen LogP contribution is 2.31. The van der Waals surface area contributed by atoms with Crippen molar-refractivity contribution in [2.45, 2.75) is 18.9 Å². The van der Waals surface area contributed by atoms with Gasteiger partial charge in [-0.3, -0.25) is 9.69 Å². The number of ether oxygens (including phenoxy) is 2. The first-order valence-corrected chi connectivity index (χ1v) is 10.1. The van der Waals surface area contributed by atoms with E-state index in [9.17, 15) is 9.18 Å². The summed E-state index contributed by atoms with van der Waals surface area (Å²) in [7, 11) is 0. The van der Waals surface area contributed by atoms with Gasteiger partial charge in [-0.05, 0) is 55.3 Å². The predicted molar refractivity (Wildman–Crippen MR) is 108 cm³/mol. The number of nitrogens with zero attached hydrogens (tertiary/aromatic N) is 2. The minimum atomic E-state index is -0.355. The Morgan fingerprint density at radius 2 is 2.14 bits per heavy atom. The monoisotopic (exact) mass is 420 g/mol. The van der Waals surface area contributed by atoms with Crippen LogP contribution in [0, 0.1) is 5.82 Å². The van der Waals surface area contributed by atoms with Gasteiger partial charge in [-0.15, -0.1) is 0 Å². The largest absolute Gasteiger partial charge is 0.484 e. The molecule has 28 heavy (non-hydrogen) atoms. The van der Waals surface area contributed by atoms with E-state index in [-0.39, 0.29) is 24.4 Å². The van der Waals surface area contributed by atoms with Crippen molar-refractivity contribution >= 4 is 44.2 Å². The number of carbonyl (C=O) groups is 1. The van der Waals surface area contributed by atoms with Crippen molar-refractivity contribution < 1.29 is 18.7 Å². The molecule has 0 bridgehead atoms. The lowest BCUT2D eigenvalue weighted by atomic mass is 10.2. The highest BCUT2D eigenvalue weighted by Gasteiger charge is 2.26. The maximum Gasteiger partial charge on any atom is 0.266 e. The van der Waals surface area contributed by atoms with Crippen molar-refractivity contribution in [1.29, 1.82) is 0 Å². The summed E-state index contributed by atoms with van der Waals surface area (Å²) in [5, 5.41) is 1.21. The van der Waals surface area contributed by atoms with Crippen molar-refractivity contribution in [2.75, 3.05) is 24.7 Å². The van der Waals surface area contributed by atoms with Gasteiger partial charge in [0, 0.05) is 11.6 Å². The lowest BCUT2D eigenvalue weighted by Crippen LogP contribution is -2.40. The summed E-state index contributed by atoms with van der Waals surface area (Å²) in [5.41, 5.74) is 0.786. The molecule has 1 aliphatic rings. The van der Waals surface area contributed by atoms with Gasteiger partial charge in [0.2, 0.25) is 0 Å². The van der Waals surface area contributed by atoms with E-state index < -0.39 is 0 Å². The van der Waals surface area contributed by atoms with E-state index in [2.05, 4.69) is 4.98 Å². The van der Waals surface area contributed by atoms with E-state index in [4.69, 9.17) is 21.1 Å². The van der Waals surface area contributed by atoms with Gasteiger partial charge in [-0.25, -0.2) is 9.37 Å². The third-order valence-electron chi connectivity index (χ3n) is 4.46. The number of aromatic nitrogens is 1. The van der Waals surface area contributed by atoms with Crippen LogP contribution in [-0.4, -0.2) is 36.8 Å². The van der Waals surface area contributed by atoms with Gasteiger partial charge in [0.15, 0.2) is 11.7 Å². The zero-order valence-corrected chi connectivity index (χ0v) is 16.5. The Balaban J connectivity index is 1.54. The van der Waals surface area contributed by atoms with Crippen LogP contribution < -0.4 is 9.64 Å². The third kappa shape index (κ3) is 4.43. The number of thiazole rings is 1. The SMILES string of the molecule is O=C(COc1ccc(F)cc1)N(CC1CCCO1)c1nc2ccc(Cl)cc2s1. The third-order valence-corrected chi connectivity index (χ3v) is 5.73. The predicted octanol–water partition coefficient (Wildman–Crippen LogP) is 4.68. The minimum Gasteiger partial charge on any atom is -0.484 e. The van der Waals surface area contributed by atoms with Crippen LogP contribution in [0.15, 0.2) is 42.5 Å². The Labute approximate surface area is 170 Å². The Morgan fingerprint density at radius 1 is 1.32 bits per heavy atom. The molecule has 146 valence electrons. The van der Waals surface area contributed by atoms with Crippen LogP contribution in [0.5, 0.6) is 5.75 Å². The average Bonchev–Trinajstić information content (AvgIpc) is 3.34. The zero-order chi connectivity index (χ0) is 19.5. The quantitative estimate of drug-likeness (QED) is 0.581. The van der Waals surface area contributed by atoms with Gasteiger partial charge < -0.3 is 9.47 Å². The van der Waals surface area contributed by atoms with E-state index in [1.807, 2.05) is 12.1 Å². The van der Waals surface area contributed by atoms with Crippen molar-refractivity contribution in [3.63, 3.8) is 0 Å². The van der Waals surface area contributed by atoms with Gasteiger partial charge in [-0.1, -0.05) is 22.9 Å². The molecule has 4 rings (SSSR count). The summed E-state index contributed by atoms with van der Waals surface area (Å²) in [6, 6.07) is 11.0. The van der Waals surface area contributed by atoms with Gasteiger partial charge in [-0.2, -0.15) is 0 Å². The first-order valence-electron chi connectivity index (χ1n) is 8.95. The molecular formula is C20H18ClFN2O3S. The minimum absolute atomic E-state index is 0.0228. The number of rotatable bonds is 6. The number of carbonyl (C=O) groups excluding carboxylic acids is 1. The number of halogens is 2. The van der Waals surface area contributed by atoms with E-state index in [1.165, 1.54) is 35.6 Å². The normalized spacial score (nSPS) is 16.4. The molecule has 0 saturated carbocycles. The summed E-state index contributed by atoms with van der Waals surface area (Å²) in [6.07, 6.45) is 1.86. The molecular weight excluding hydrogens is 403 g/mol. The highest BCUT2D eigenvalue weighted by atomic mass is 35.5. The molecule has 1 aliphatic heterocycles. The highest BCUT2D eigenvalue weighted by molar-refractivity contribution is 7.22. The molecule has 5 nitrogen and oxygen atoms in total. The Bertz CT molecular complexity index is 973. The summed E-state index contributed by atoms with van der Waals surface area (Å²) >= 11 is 7.47. The lowest BCUT2D eigenvalue weighted by molar-refractivity contribution is -0.120. The van der Waals surface area contributed by atoms with E-state index in [0.717, 1.165) is 23.1 Å². The second-order valence-electron chi connectivity index (χ2n) is 6.49. The molecule has 1 unspecified atom stereocenters. The molecule has 0 radical (unpaired) electrons. The summed E-state index contributed by atoms with van der Waals surface area (Å²) < 4.78 is 25.2. The molecule has 1 saturated heterocycles. The molecule has 3 aromatic rings. The summed E-state index contributed by atoms with van der Waals surface area (Å²) in [6.45, 7) is 0.947. The van der Waals surface area contributed by atoms with Crippen LogP contribution in [0.3, 0.4) is 0 Å². The van der Waals surface area contributed by atoms with E-state index >= 15 is 0 Å². The van der Waals surface area contributed by atoms with Crippen LogP contribution in [-0.2, 0) is 9.53 Å². The van der Waals surface area contributed by atoms with Crippen LogP contribution in [0.2, 0.25) is 5.02 Å². The van der Waals surface area contributed by atoms with Gasteiger partial charge in [0.05, 0.1) is 22.9 Å². The standard InChI is InChI=1S/C20H18ClFN2O3S/c21-13-3-8-17-18(10-13)28-20(23-17)24(11-16-2-1-9-26-16)19(25)12-27-15-6-4-14(22)5-7-15/h3-8,10,16H,1-2,9,11-12H2. The summed E-state index contributed by atoms with van der Waals surface area (Å²) in [5.74, 6) is -0.153. The van der Waals surface area contributed by atoms with Crippen molar-refractivity contribution in [2.24, 2.45) is 0 Å². The molecule has 1 aromatic heterocycles. The van der Waals surface area contributed by atoms with Crippen molar-refractivity contribution in [1.82, 2.24) is 4.98 Å². The Hall–Kier alpha value is -2.22. The molecule has 1 atom stereocenters. The van der Waals surface area contributed by atoms with Gasteiger partial charge in [0.25, 0.3) is 5.91 Å². The maximum absolute atomic E-state index is 13.0. The molecule has 2 aromatic carbocycles.